The van der Waals surface area contributed by atoms with Crippen molar-refractivity contribution in [1.29, 1.82) is 0 Å². The summed E-state index contributed by atoms with van der Waals surface area (Å²) in [6, 6.07) is 10.3. The van der Waals surface area contributed by atoms with Crippen LogP contribution >= 0.6 is 0 Å². The predicted molar refractivity (Wildman–Crippen MR) is 99.2 cm³/mol. The molecule has 5 nitrogen and oxygen atoms in total. The fourth-order valence-corrected chi connectivity index (χ4v) is 3.68. The average Bonchev–Trinajstić information content (AvgIpc) is 3.28. The third-order valence-corrected chi connectivity index (χ3v) is 5.17. The van der Waals surface area contributed by atoms with E-state index < -0.39 is 17.7 Å². The molecule has 1 unspecified atom stereocenters. The van der Waals surface area contributed by atoms with E-state index in [1.54, 1.807) is 18.2 Å². The number of likely N-dealkylation sites (tertiary alicyclic amines) is 1. The van der Waals surface area contributed by atoms with E-state index in [-0.39, 0.29) is 31.3 Å². The number of halogens is 3. The van der Waals surface area contributed by atoms with Crippen molar-refractivity contribution in [3.63, 3.8) is 0 Å². The largest absolute Gasteiger partial charge is 0.493 e. The van der Waals surface area contributed by atoms with Gasteiger partial charge in [-0.25, -0.2) is 0 Å². The van der Waals surface area contributed by atoms with Crippen LogP contribution in [0.25, 0.3) is 0 Å². The van der Waals surface area contributed by atoms with Gasteiger partial charge in [-0.05, 0) is 41.5 Å². The lowest BCUT2D eigenvalue weighted by atomic mass is 10.1. The highest BCUT2D eigenvalue weighted by Crippen LogP contribution is 2.31. The molecule has 0 saturated carbocycles. The Hall–Kier alpha value is -3.03. The molecule has 2 aromatic rings. The number of nitrogens with one attached hydrogen (secondary N) is 1. The van der Waals surface area contributed by atoms with Crippen molar-refractivity contribution >= 4 is 17.5 Å². The van der Waals surface area contributed by atoms with Crippen LogP contribution in [-0.2, 0) is 28.7 Å². The molecule has 2 amide bonds. The first-order valence-electron chi connectivity index (χ1n) is 9.30. The van der Waals surface area contributed by atoms with Gasteiger partial charge in [0.2, 0.25) is 11.8 Å². The second kappa shape index (κ2) is 7.42. The fraction of sp³-hybridized carbons (Fsp3) is 0.333. The molecule has 152 valence electrons. The molecule has 0 spiro atoms. The zero-order chi connectivity index (χ0) is 20.6. The van der Waals surface area contributed by atoms with Gasteiger partial charge in [-0.1, -0.05) is 12.1 Å². The average molecular weight is 404 g/mol. The van der Waals surface area contributed by atoms with E-state index in [9.17, 15) is 22.8 Å². The van der Waals surface area contributed by atoms with E-state index in [1.807, 2.05) is 6.07 Å². The van der Waals surface area contributed by atoms with Crippen LogP contribution in [0.1, 0.15) is 23.1 Å². The van der Waals surface area contributed by atoms with Gasteiger partial charge in [0.05, 0.1) is 18.1 Å². The van der Waals surface area contributed by atoms with Gasteiger partial charge in [-0.2, -0.15) is 13.2 Å². The minimum absolute atomic E-state index is 0.0405. The zero-order valence-electron chi connectivity index (χ0n) is 15.5. The quantitative estimate of drug-likeness (QED) is 0.847. The maximum absolute atomic E-state index is 12.9. The SMILES string of the molecule is O=C(Nc1ccc2c(c1)CCO2)C1CC(=O)N(Cc2cccc(C(F)(F)F)c2)C1. The molecule has 2 aliphatic heterocycles. The summed E-state index contributed by atoms with van der Waals surface area (Å²) in [7, 11) is 0. The van der Waals surface area contributed by atoms with E-state index in [2.05, 4.69) is 5.32 Å². The number of amides is 2. The summed E-state index contributed by atoms with van der Waals surface area (Å²) < 4.78 is 44.1. The van der Waals surface area contributed by atoms with Crippen LogP contribution in [-0.4, -0.2) is 29.9 Å². The number of rotatable bonds is 4. The van der Waals surface area contributed by atoms with E-state index in [0.717, 1.165) is 29.9 Å². The fourth-order valence-electron chi connectivity index (χ4n) is 3.68. The van der Waals surface area contributed by atoms with Crippen LogP contribution in [0.4, 0.5) is 18.9 Å². The zero-order valence-corrected chi connectivity index (χ0v) is 15.5. The topological polar surface area (TPSA) is 58.6 Å². The van der Waals surface area contributed by atoms with E-state index in [4.69, 9.17) is 4.74 Å². The Bertz CT molecular complexity index is 958. The number of ether oxygens (including phenoxy) is 1. The highest BCUT2D eigenvalue weighted by molar-refractivity contribution is 5.97. The van der Waals surface area contributed by atoms with Gasteiger partial charge in [0.1, 0.15) is 5.75 Å². The summed E-state index contributed by atoms with van der Waals surface area (Å²) in [6.07, 6.45) is -3.61. The molecule has 1 N–H and O–H groups in total. The molecule has 0 bridgehead atoms. The number of carbonyl (C=O) groups excluding carboxylic acids is 2. The second-order valence-electron chi connectivity index (χ2n) is 7.28. The molecule has 1 atom stereocenters. The number of carbonyl (C=O) groups is 2. The van der Waals surface area contributed by atoms with Gasteiger partial charge in [0.25, 0.3) is 0 Å². The molecular weight excluding hydrogens is 385 g/mol. The maximum Gasteiger partial charge on any atom is 0.416 e. The Labute approximate surface area is 165 Å². The van der Waals surface area contributed by atoms with Crippen LogP contribution in [0, 0.1) is 5.92 Å². The molecule has 0 aliphatic carbocycles. The summed E-state index contributed by atoms with van der Waals surface area (Å²) in [4.78, 5) is 26.3. The van der Waals surface area contributed by atoms with Gasteiger partial charge < -0.3 is 15.0 Å². The van der Waals surface area contributed by atoms with Crippen molar-refractivity contribution in [2.75, 3.05) is 18.5 Å². The summed E-state index contributed by atoms with van der Waals surface area (Å²) >= 11 is 0. The summed E-state index contributed by atoms with van der Waals surface area (Å²) in [5, 5.41) is 2.83. The summed E-state index contributed by atoms with van der Waals surface area (Å²) in [5.74, 6) is -0.252. The highest BCUT2D eigenvalue weighted by Gasteiger charge is 2.35. The number of nitrogens with zero attached hydrogens (tertiary/aromatic N) is 1. The minimum Gasteiger partial charge on any atom is -0.493 e. The van der Waals surface area contributed by atoms with Crippen LogP contribution in [0.15, 0.2) is 42.5 Å². The molecular formula is C21H19F3N2O3. The van der Waals surface area contributed by atoms with Crippen molar-refractivity contribution in [2.45, 2.75) is 25.6 Å². The van der Waals surface area contributed by atoms with E-state index >= 15 is 0 Å². The molecule has 2 aromatic carbocycles. The number of alkyl halides is 3. The molecule has 1 fully saturated rings. The summed E-state index contributed by atoms with van der Waals surface area (Å²) in [6.45, 7) is 0.839. The van der Waals surface area contributed by atoms with Gasteiger partial charge in [-0.15, -0.1) is 0 Å². The molecule has 0 aromatic heterocycles. The molecule has 0 radical (unpaired) electrons. The predicted octanol–water partition coefficient (Wildman–Crippen LogP) is 3.63. The van der Waals surface area contributed by atoms with Gasteiger partial charge in [0.15, 0.2) is 0 Å². The number of hydrogen-bond donors (Lipinski definition) is 1. The Morgan fingerprint density at radius 2 is 2.03 bits per heavy atom. The third-order valence-electron chi connectivity index (χ3n) is 5.17. The molecule has 1 saturated heterocycles. The van der Waals surface area contributed by atoms with E-state index in [1.165, 1.54) is 11.0 Å². The minimum atomic E-state index is -4.44. The van der Waals surface area contributed by atoms with Crippen molar-refractivity contribution in [1.82, 2.24) is 4.90 Å². The van der Waals surface area contributed by atoms with E-state index in [0.29, 0.717) is 17.9 Å². The van der Waals surface area contributed by atoms with Gasteiger partial charge in [0, 0.05) is 31.6 Å². The molecule has 29 heavy (non-hydrogen) atoms. The van der Waals surface area contributed by atoms with Crippen molar-refractivity contribution in [3.05, 3.63) is 59.2 Å². The highest BCUT2D eigenvalue weighted by atomic mass is 19.4. The maximum atomic E-state index is 12.9. The number of hydrogen-bond acceptors (Lipinski definition) is 3. The summed E-state index contributed by atoms with van der Waals surface area (Å²) in [5.41, 5.74) is 1.30. The smallest absolute Gasteiger partial charge is 0.416 e. The second-order valence-corrected chi connectivity index (χ2v) is 7.28. The number of anilines is 1. The third kappa shape index (κ3) is 4.21. The standard InChI is InChI=1S/C21H19F3N2O3/c22-21(23,24)16-3-1-2-13(8-16)11-26-12-15(10-19(26)27)20(28)25-17-4-5-18-14(9-17)6-7-29-18/h1-5,8-9,15H,6-7,10-12H2,(H,25,28). The molecule has 4 rings (SSSR count). The monoisotopic (exact) mass is 404 g/mol. The molecule has 8 heteroatoms. The first-order valence-corrected chi connectivity index (χ1v) is 9.30. The molecule has 2 heterocycles. The Morgan fingerprint density at radius 1 is 1.21 bits per heavy atom. The van der Waals surface area contributed by atoms with Crippen molar-refractivity contribution in [3.8, 4) is 5.75 Å². The Morgan fingerprint density at radius 3 is 2.83 bits per heavy atom. The lowest BCUT2D eigenvalue weighted by Crippen LogP contribution is -2.28. The van der Waals surface area contributed by atoms with Gasteiger partial charge in [-0.3, -0.25) is 9.59 Å². The number of fused-ring (bicyclic) bond motifs is 1. The number of benzene rings is 2. The van der Waals surface area contributed by atoms with Gasteiger partial charge >= 0.3 is 6.18 Å². The normalized spacial score (nSPS) is 18.5. The van der Waals surface area contributed by atoms with Crippen LogP contribution in [0.3, 0.4) is 0 Å². The van der Waals surface area contributed by atoms with Crippen LogP contribution < -0.4 is 10.1 Å². The lowest BCUT2D eigenvalue weighted by molar-refractivity contribution is -0.137. The first kappa shape index (κ1) is 19.3. The Kier molecular flexibility index (Phi) is 4.94. The first-order chi connectivity index (χ1) is 13.8. The van der Waals surface area contributed by atoms with Crippen LogP contribution in [0.5, 0.6) is 5.75 Å². The molecule has 2 aliphatic rings. The van der Waals surface area contributed by atoms with Crippen LogP contribution in [0.2, 0.25) is 0 Å². The van der Waals surface area contributed by atoms with Crippen molar-refractivity contribution in [2.24, 2.45) is 5.92 Å². The van der Waals surface area contributed by atoms with Crippen molar-refractivity contribution < 1.29 is 27.5 Å². The Balaban J connectivity index is 1.39. The lowest BCUT2D eigenvalue weighted by Gasteiger charge is -2.18.